The first kappa shape index (κ1) is 21.0. The fourth-order valence-corrected chi connectivity index (χ4v) is 4.46. The van der Waals surface area contributed by atoms with E-state index in [2.05, 4.69) is 10.1 Å². The minimum Gasteiger partial charge on any atom is -0.381 e. The smallest absolute Gasteiger partial charge is 0.381 e. The monoisotopic (exact) mass is 401 g/mol. The number of hydrogen-bond acceptors (Lipinski definition) is 4. The summed E-state index contributed by atoms with van der Waals surface area (Å²) >= 11 is 0. The van der Waals surface area contributed by atoms with E-state index >= 15 is 0 Å². The van der Waals surface area contributed by atoms with E-state index in [0.29, 0.717) is 24.8 Å². The van der Waals surface area contributed by atoms with Gasteiger partial charge < -0.3 is 10.1 Å². The number of fused-ring (bicyclic) bond motifs is 1. The van der Waals surface area contributed by atoms with Gasteiger partial charge in [-0.2, -0.15) is 0 Å². The van der Waals surface area contributed by atoms with Crippen molar-refractivity contribution in [2.24, 2.45) is 11.8 Å². The average Bonchev–Trinajstić information content (AvgIpc) is 2.65. The number of halogens is 3. The molecule has 5 nitrogen and oxygen atoms in total. The predicted octanol–water partition coefficient (Wildman–Crippen LogP) is 3.45. The van der Waals surface area contributed by atoms with E-state index in [1.165, 1.54) is 12.2 Å². The number of carbonyl (C=O) groups excluding carboxylic acids is 2. The molecule has 2 aliphatic carbocycles. The molecule has 0 saturated heterocycles. The fraction of sp³-hybridized carbons (Fsp3) is 0.700. The Morgan fingerprint density at radius 2 is 1.96 bits per heavy atom. The van der Waals surface area contributed by atoms with Crippen LogP contribution in [0.25, 0.3) is 0 Å². The van der Waals surface area contributed by atoms with Crippen molar-refractivity contribution in [3.05, 3.63) is 23.8 Å². The topological polar surface area (TPSA) is 64.6 Å². The van der Waals surface area contributed by atoms with Gasteiger partial charge in [0.2, 0.25) is 0 Å². The zero-order valence-electron chi connectivity index (χ0n) is 15.8. The third-order valence-corrected chi connectivity index (χ3v) is 5.94. The molecule has 5 unspecified atom stereocenters. The number of ether oxygens (including phenoxy) is 2. The lowest BCUT2D eigenvalue weighted by Crippen LogP contribution is -2.48. The van der Waals surface area contributed by atoms with E-state index in [0.717, 1.165) is 19.3 Å². The van der Waals surface area contributed by atoms with E-state index < -0.39 is 24.2 Å². The average molecular weight is 401 g/mol. The minimum absolute atomic E-state index is 0.0645. The van der Waals surface area contributed by atoms with Crippen molar-refractivity contribution in [3.8, 4) is 0 Å². The molecule has 3 aliphatic rings. The van der Waals surface area contributed by atoms with Crippen LogP contribution in [0.15, 0.2) is 23.8 Å². The van der Waals surface area contributed by atoms with Gasteiger partial charge in [-0.25, -0.2) is 0 Å². The highest BCUT2D eigenvalue weighted by Crippen LogP contribution is 2.34. The van der Waals surface area contributed by atoms with E-state index in [-0.39, 0.29) is 30.4 Å². The Morgan fingerprint density at radius 3 is 2.68 bits per heavy atom. The maximum atomic E-state index is 12.6. The van der Waals surface area contributed by atoms with Crippen molar-refractivity contribution < 1.29 is 32.2 Å². The molecule has 5 atom stereocenters. The van der Waals surface area contributed by atoms with Gasteiger partial charge in [0.1, 0.15) is 0 Å². The number of methoxy groups -OCH3 is 1. The van der Waals surface area contributed by atoms with Crippen LogP contribution in [0.3, 0.4) is 0 Å². The Labute approximate surface area is 162 Å². The molecule has 0 spiro atoms. The van der Waals surface area contributed by atoms with Crippen molar-refractivity contribution in [3.63, 3.8) is 0 Å². The first-order valence-electron chi connectivity index (χ1n) is 9.79. The van der Waals surface area contributed by atoms with Gasteiger partial charge in [-0.3, -0.25) is 14.3 Å². The lowest BCUT2D eigenvalue weighted by atomic mass is 9.79. The van der Waals surface area contributed by atoms with Crippen LogP contribution in [0.5, 0.6) is 0 Å². The Hall–Kier alpha value is -1.67. The number of amides is 1. The van der Waals surface area contributed by atoms with Gasteiger partial charge in [-0.1, -0.05) is 18.9 Å². The molecule has 2 fully saturated rings. The highest BCUT2D eigenvalue weighted by atomic mass is 19.4. The van der Waals surface area contributed by atoms with Crippen LogP contribution in [-0.2, 0) is 19.1 Å². The van der Waals surface area contributed by atoms with Gasteiger partial charge in [0.15, 0.2) is 5.78 Å². The van der Waals surface area contributed by atoms with Crippen LogP contribution in [0.4, 0.5) is 13.2 Å². The molecule has 0 bridgehead atoms. The molecule has 0 aromatic rings. The second-order valence-electron chi connectivity index (χ2n) is 7.77. The molecule has 0 aromatic heterocycles. The molecule has 8 heteroatoms. The van der Waals surface area contributed by atoms with Crippen LogP contribution >= 0.6 is 0 Å². The van der Waals surface area contributed by atoms with Gasteiger partial charge >= 0.3 is 6.36 Å². The summed E-state index contributed by atoms with van der Waals surface area (Å²) in [6.07, 6.45) is 3.08. The Morgan fingerprint density at radius 1 is 1.21 bits per heavy atom. The second kappa shape index (κ2) is 8.78. The van der Waals surface area contributed by atoms with Gasteiger partial charge in [-0.05, 0) is 44.3 Å². The SMILES string of the molecule is COC1CCC2NC(=O)C(/C=C/C(=O)C3CCCCC3OC(F)(F)F)=CC2C1. The van der Waals surface area contributed by atoms with Crippen molar-refractivity contribution in [1.29, 1.82) is 0 Å². The van der Waals surface area contributed by atoms with Crippen LogP contribution in [0, 0.1) is 11.8 Å². The van der Waals surface area contributed by atoms with E-state index in [1.54, 1.807) is 7.11 Å². The molecular formula is C20H26F3NO4. The second-order valence-corrected chi connectivity index (χ2v) is 7.77. The summed E-state index contributed by atoms with van der Waals surface area (Å²) in [7, 11) is 1.67. The fourth-order valence-electron chi connectivity index (χ4n) is 4.46. The highest BCUT2D eigenvalue weighted by molar-refractivity contribution is 6.00. The lowest BCUT2D eigenvalue weighted by Gasteiger charge is -2.37. The third-order valence-electron chi connectivity index (χ3n) is 5.94. The van der Waals surface area contributed by atoms with E-state index in [9.17, 15) is 22.8 Å². The number of allylic oxidation sites excluding steroid dienone is 1. The Bertz CT molecular complexity index is 658. The van der Waals surface area contributed by atoms with Crippen molar-refractivity contribution in [2.75, 3.05) is 7.11 Å². The van der Waals surface area contributed by atoms with Crippen molar-refractivity contribution >= 4 is 11.7 Å². The van der Waals surface area contributed by atoms with Crippen LogP contribution in [0.1, 0.15) is 44.9 Å². The molecular weight excluding hydrogens is 375 g/mol. The van der Waals surface area contributed by atoms with Gasteiger partial charge in [0.05, 0.1) is 12.2 Å². The summed E-state index contributed by atoms with van der Waals surface area (Å²) in [6, 6.07) is 0.0645. The van der Waals surface area contributed by atoms with Gasteiger partial charge in [0, 0.05) is 30.6 Å². The number of ketones is 1. The maximum absolute atomic E-state index is 12.6. The molecule has 156 valence electrons. The molecule has 3 rings (SSSR count). The molecule has 1 heterocycles. The number of carbonyl (C=O) groups is 2. The zero-order valence-corrected chi connectivity index (χ0v) is 15.8. The van der Waals surface area contributed by atoms with Gasteiger partial charge in [0.25, 0.3) is 5.91 Å². The van der Waals surface area contributed by atoms with Crippen molar-refractivity contribution in [2.45, 2.75) is 69.6 Å². The summed E-state index contributed by atoms with van der Waals surface area (Å²) < 4.78 is 47.4. The first-order valence-corrected chi connectivity index (χ1v) is 9.79. The number of alkyl halides is 3. The summed E-state index contributed by atoms with van der Waals surface area (Å²) in [4.78, 5) is 24.8. The van der Waals surface area contributed by atoms with Crippen LogP contribution < -0.4 is 5.32 Å². The zero-order chi connectivity index (χ0) is 20.3. The number of rotatable bonds is 5. The van der Waals surface area contributed by atoms with E-state index in [1.807, 2.05) is 6.08 Å². The summed E-state index contributed by atoms with van der Waals surface area (Å²) in [5.74, 6) is -1.39. The van der Waals surface area contributed by atoms with Crippen molar-refractivity contribution in [1.82, 2.24) is 5.32 Å². The molecule has 2 saturated carbocycles. The first-order chi connectivity index (χ1) is 13.3. The largest absolute Gasteiger partial charge is 0.522 e. The molecule has 0 aromatic carbocycles. The summed E-state index contributed by atoms with van der Waals surface area (Å²) in [5, 5.41) is 2.96. The number of nitrogens with one attached hydrogen (secondary N) is 1. The minimum atomic E-state index is -4.76. The van der Waals surface area contributed by atoms with Gasteiger partial charge in [-0.15, -0.1) is 13.2 Å². The summed E-state index contributed by atoms with van der Waals surface area (Å²) in [5.41, 5.74) is 0.371. The quantitative estimate of drug-likeness (QED) is 0.717. The predicted molar refractivity (Wildman–Crippen MR) is 95.2 cm³/mol. The number of hydrogen-bond donors (Lipinski definition) is 1. The molecule has 28 heavy (non-hydrogen) atoms. The lowest BCUT2D eigenvalue weighted by molar-refractivity contribution is -0.349. The Balaban J connectivity index is 1.68. The van der Waals surface area contributed by atoms with Crippen LogP contribution in [0.2, 0.25) is 0 Å². The summed E-state index contributed by atoms with van der Waals surface area (Å²) in [6.45, 7) is 0. The highest BCUT2D eigenvalue weighted by Gasteiger charge is 2.40. The molecule has 1 N–H and O–H groups in total. The van der Waals surface area contributed by atoms with E-state index in [4.69, 9.17) is 4.74 Å². The third kappa shape index (κ3) is 5.23. The standard InChI is InChI=1S/C20H26F3NO4/c1-27-14-7-8-16-13(11-14)10-12(19(26)24-16)6-9-17(25)15-4-2-3-5-18(15)28-20(21,22)23/h6,9-10,13-16,18H,2-5,7-8,11H2,1H3,(H,24,26)/b9-6+. The normalized spacial score (nSPS) is 33.9. The van der Waals surface area contributed by atoms with Crippen LogP contribution in [-0.4, -0.2) is 43.4 Å². The molecule has 0 radical (unpaired) electrons. The molecule has 1 aliphatic heterocycles. The Kier molecular flexibility index (Phi) is 6.60. The molecule has 1 amide bonds. The maximum Gasteiger partial charge on any atom is 0.522 e.